The van der Waals surface area contributed by atoms with E-state index in [0.29, 0.717) is 16.8 Å². The highest BCUT2D eigenvalue weighted by atomic mass is 35.5. The van der Waals surface area contributed by atoms with Crippen molar-refractivity contribution in [2.75, 3.05) is 13.6 Å². The summed E-state index contributed by atoms with van der Waals surface area (Å²) in [6.45, 7) is 4.37. The fourth-order valence-electron chi connectivity index (χ4n) is 2.58. The highest BCUT2D eigenvalue weighted by Gasteiger charge is 2.36. The van der Waals surface area contributed by atoms with Crippen molar-refractivity contribution in [3.8, 4) is 0 Å². The first-order chi connectivity index (χ1) is 13.3. The van der Waals surface area contributed by atoms with Gasteiger partial charge in [0, 0.05) is 13.6 Å². The average Bonchev–Trinajstić information content (AvgIpc) is 2.61. The summed E-state index contributed by atoms with van der Waals surface area (Å²) in [7, 11) is 1.82. The zero-order valence-electron chi connectivity index (χ0n) is 15.9. The van der Waals surface area contributed by atoms with Crippen LogP contribution in [0.2, 0.25) is 5.02 Å². The third-order valence-electron chi connectivity index (χ3n) is 4.34. The van der Waals surface area contributed by atoms with Crippen LogP contribution in [0.5, 0.6) is 0 Å². The van der Waals surface area contributed by atoms with E-state index < -0.39 is 23.5 Å². The van der Waals surface area contributed by atoms with Crippen molar-refractivity contribution in [2.45, 2.75) is 32.6 Å². The molecule has 2 rings (SSSR count). The molecule has 0 bridgehead atoms. The standard InChI is InChI=1S/C20H19ClF6N2/c1-4-29(3)11-28-18-5-12(2)14(9-17(18)21)6-13-7-15(19(22,23)24)10-16(8-13)20(25,26)27/h5,7-11H,4,6H2,1-3H3. The van der Waals surface area contributed by atoms with E-state index >= 15 is 0 Å². The summed E-state index contributed by atoms with van der Waals surface area (Å²) in [5.41, 5.74) is -1.14. The first kappa shape index (κ1) is 23.1. The molecule has 0 heterocycles. The molecule has 0 unspecified atom stereocenters. The molecule has 0 aliphatic carbocycles. The average molecular weight is 437 g/mol. The van der Waals surface area contributed by atoms with Gasteiger partial charge in [0.15, 0.2) is 0 Å². The van der Waals surface area contributed by atoms with Crippen LogP contribution in [0.25, 0.3) is 0 Å². The fourth-order valence-corrected chi connectivity index (χ4v) is 2.82. The van der Waals surface area contributed by atoms with Crippen molar-refractivity contribution >= 4 is 23.6 Å². The first-order valence-corrected chi connectivity index (χ1v) is 9.01. The largest absolute Gasteiger partial charge is 0.416 e. The zero-order valence-corrected chi connectivity index (χ0v) is 16.7. The highest BCUT2D eigenvalue weighted by molar-refractivity contribution is 6.33. The molecule has 158 valence electrons. The third-order valence-corrected chi connectivity index (χ3v) is 4.64. The number of rotatable bonds is 5. The molecule has 0 aromatic heterocycles. The van der Waals surface area contributed by atoms with Gasteiger partial charge in [-0.3, -0.25) is 0 Å². The van der Waals surface area contributed by atoms with Gasteiger partial charge in [-0.1, -0.05) is 11.6 Å². The fraction of sp³-hybridized carbons (Fsp3) is 0.350. The molecule has 2 nitrogen and oxygen atoms in total. The Morgan fingerprint density at radius 3 is 2.00 bits per heavy atom. The third kappa shape index (κ3) is 6.13. The van der Waals surface area contributed by atoms with Crippen molar-refractivity contribution in [1.29, 1.82) is 0 Å². The maximum absolute atomic E-state index is 13.0. The van der Waals surface area contributed by atoms with Crippen molar-refractivity contribution < 1.29 is 26.3 Å². The van der Waals surface area contributed by atoms with Crippen LogP contribution in [0.3, 0.4) is 0 Å². The number of aliphatic imine (C=N–C) groups is 1. The Balaban J connectivity index is 2.43. The van der Waals surface area contributed by atoms with Gasteiger partial charge in [-0.2, -0.15) is 26.3 Å². The number of nitrogens with zero attached hydrogens (tertiary/aromatic N) is 2. The molecule has 0 atom stereocenters. The van der Waals surface area contributed by atoms with Gasteiger partial charge in [-0.15, -0.1) is 0 Å². The Morgan fingerprint density at radius 2 is 1.52 bits per heavy atom. The van der Waals surface area contributed by atoms with Gasteiger partial charge >= 0.3 is 12.4 Å². The SMILES string of the molecule is CCN(C)C=Nc1cc(C)c(Cc2cc(C(F)(F)F)cc(C(F)(F)F)c2)cc1Cl. The normalized spacial score (nSPS) is 12.6. The van der Waals surface area contributed by atoms with Gasteiger partial charge in [0.25, 0.3) is 0 Å². The molecule has 0 fully saturated rings. The number of hydrogen-bond acceptors (Lipinski definition) is 1. The van der Waals surface area contributed by atoms with E-state index in [2.05, 4.69) is 4.99 Å². The highest BCUT2D eigenvalue weighted by Crippen LogP contribution is 2.37. The molecular weight excluding hydrogens is 418 g/mol. The Labute approximate surface area is 169 Å². The maximum atomic E-state index is 13.0. The lowest BCUT2D eigenvalue weighted by atomic mass is 9.96. The lowest BCUT2D eigenvalue weighted by Crippen LogP contribution is -2.14. The molecule has 9 heteroatoms. The van der Waals surface area contributed by atoms with Crippen LogP contribution in [0, 0.1) is 6.92 Å². The van der Waals surface area contributed by atoms with Crippen LogP contribution in [-0.4, -0.2) is 24.8 Å². The molecule has 2 aromatic carbocycles. The van der Waals surface area contributed by atoms with E-state index in [4.69, 9.17) is 11.6 Å². The van der Waals surface area contributed by atoms with Gasteiger partial charge in [0.2, 0.25) is 0 Å². The molecule has 0 saturated heterocycles. The molecule has 0 aliphatic rings. The summed E-state index contributed by atoms with van der Waals surface area (Å²) in [5, 5.41) is 0.259. The molecular formula is C20H19ClF6N2. The zero-order chi connectivity index (χ0) is 22.0. The number of hydrogen-bond donors (Lipinski definition) is 0. The molecule has 29 heavy (non-hydrogen) atoms. The molecule has 2 aromatic rings. The predicted molar refractivity (Wildman–Crippen MR) is 102 cm³/mol. The number of aryl methyl sites for hydroxylation is 1. The lowest BCUT2D eigenvalue weighted by Gasteiger charge is -2.15. The summed E-state index contributed by atoms with van der Waals surface area (Å²) in [6.07, 6.45) is -8.31. The van der Waals surface area contributed by atoms with Crippen molar-refractivity contribution in [2.24, 2.45) is 4.99 Å². The van der Waals surface area contributed by atoms with E-state index in [1.54, 1.807) is 19.3 Å². The van der Waals surface area contributed by atoms with Crippen LogP contribution in [0.1, 0.15) is 34.7 Å². The van der Waals surface area contributed by atoms with E-state index in [0.717, 1.165) is 18.7 Å². The summed E-state index contributed by atoms with van der Waals surface area (Å²) in [4.78, 5) is 6.07. The van der Waals surface area contributed by atoms with E-state index in [-0.39, 0.29) is 23.1 Å². The first-order valence-electron chi connectivity index (χ1n) is 8.63. The Bertz CT molecular complexity index is 871. The van der Waals surface area contributed by atoms with Gasteiger partial charge in [0.1, 0.15) is 0 Å². The molecule has 0 N–H and O–H groups in total. The number of alkyl halides is 6. The summed E-state index contributed by atoms with van der Waals surface area (Å²) >= 11 is 6.21. The Morgan fingerprint density at radius 1 is 0.966 bits per heavy atom. The Kier molecular flexibility index (Phi) is 6.88. The smallest absolute Gasteiger partial charge is 0.366 e. The van der Waals surface area contributed by atoms with E-state index in [1.165, 1.54) is 6.07 Å². The quantitative estimate of drug-likeness (QED) is 0.283. The minimum absolute atomic E-state index is 0.103. The topological polar surface area (TPSA) is 15.6 Å². The minimum Gasteiger partial charge on any atom is -0.366 e. The predicted octanol–water partition coefficient (Wildman–Crippen LogP) is 6.89. The van der Waals surface area contributed by atoms with Crippen LogP contribution in [0.15, 0.2) is 35.3 Å². The maximum Gasteiger partial charge on any atom is 0.416 e. The number of halogens is 7. The second-order valence-corrected chi connectivity index (χ2v) is 7.05. The second-order valence-electron chi connectivity index (χ2n) is 6.64. The van der Waals surface area contributed by atoms with E-state index in [1.807, 2.05) is 18.9 Å². The Hall–Kier alpha value is -2.22. The summed E-state index contributed by atoms with van der Waals surface area (Å²) in [5.74, 6) is 0. The van der Waals surface area contributed by atoms with Gasteiger partial charge in [-0.25, -0.2) is 4.99 Å². The molecule has 0 aliphatic heterocycles. The molecule has 0 spiro atoms. The van der Waals surface area contributed by atoms with Crippen LogP contribution >= 0.6 is 11.6 Å². The molecule has 0 amide bonds. The van der Waals surface area contributed by atoms with Crippen molar-refractivity contribution in [3.63, 3.8) is 0 Å². The summed E-state index contributed by atoms with van der Waals surface area (Å²) < 4.78 is 78.3. The minimum atomic E-state index is -4.88. The molecule has 0 saturated carbocycles. The number of benzene rings is 2. The van der Waals surface area contributed by atoms with Crippen LogP contribution in [-0.2, 0) is 18.8 Å². The summed E-state index contributed by atoms with van der Waals surface area (Å²) in [6, 6.07) is 4.74. The molecule has 0 radical (unpaired) electrons. The second kappa shape index (κ2) is 8.65. The van der Waals surface area contributed by atoms with Gasteiger partial charge < -0.3 is 4.90 Å². The van der Waals surface area contributed by atoms with Crippen molar-refractivity contribution in [3.05, 3.63) is 63.2 Å². The monoisotopic (exact) mass is 436 g/mol. The van der Waals surface area contributed by atoms with Crippen molar-refractivity contribution in [1.82, 2.24) is 4.90 Å². The van der Waals surface area contributed by atoms with Crippen LogP contribution in [0.4, 0.5) is 32.0 Å². The van der Waals surface area contributed by atoms with E-state index in [9.17, 15) is 26.3 Å². The van der Waals surface area contributed by atoms with Gasteiger partial charge in [-0.05, 0) is 67.3 Å². The van der Waals surface area contributed by atoms with Gasteiger partial charge in [0.05, 0.1) is 28.2 Å². The lowest BCUT2D eigenvalue weighted by molar-refractivity contribution is -0.143. The van der Waals surface area contributed by atoms with Crippen LogP contribution < -0.4 is 0 Å².